The molecule has 2 aliphatic heterocycles. The first-order valence-corrected chi connectivity index (χ1v) is 11.2. The lowest BCUT2D eigenvalue weighted by atomic mass is 9.90. The van der Waals surface area contributed by atoms with Crippen molar-refractivity contribution in [1.29, 1.82) is 0 Å². The molecule has 3 heterocycles. The second-order valence-corrected chi connectivity index (χ2v) is 8.84. The maximum atomic E-state index is 12.4. The lowest BCUT2D eigenvalue weighted by Crippen LogP contribution is -2.56. The summed E-state index contributed by atoms with van der Waals surface area (Å²) in [6.07, 6.45) is 0.944. The highest BCUT2D eigenvalue weighted by molar-refractivity contribution is 6.29. The third kappa shape index (κ3) is 5.59. The predicted molar refractivity (Wildman–Crippen MR) is 122 cm³/mol. The van der Waals surface area contributed by atoms with Crippen molar-refractivity contribution in [3.8, 4) is 0 Å². The van der Waals surface area contributed by atoms with Crippen molar-refractivity contribution in [2.75, 3.05) is 56.4 Å². The third-order valence-electron chi connectivity index (χ3n) is 6.16. The highest BCUT2D eigenvalue weighted by Gasteiger charge is 2.36. The number of β-amino-alcohol motifs (C(OH)–C–C–N with tert-alkyl or cyclic N) is 1. The molecule has 0 radical (unpaired) electrons. The lowest BCUT2D eigenvalue weighted by Gasteiger charge is -2.43. The van der Waals surface area contributed by atoms with Gasteiger partial charge in [-0.25, -0.2) is 4.79 Å². The summed E-state index contributed by atoms with van der Waals surface area (Å²) in [5.74, 6) is 0.343. The summed E-state index contributed by atoms with van der Waals surface area (Å²) in [6.45, 7) is 4.79. The molecule has 4 rings (SSSR count). The fourth-order valence-electron chi connectivity index (χ4n) is 4.26. The van der Waals surface area contributed by atoms with E-state index in [1.807, 2.05) is 30.3 Å². The Labute approximate surface area is 192 Å². The van der Waals surface area contributed by atoms with Crippen LogP contribution in [-0.4, -0.2) is 82.6 Å². The number of nitrogen functional groups attached to an aromatic ring is 1. The Morgan fingerprint density at radius 2 is 1.78 bits per heavy atom. The number of ether oxygens (including phenoxy) is 1. The number of nitrogens with two attached hydrogens (primary N) is 1. The molecule has 2 aromatic rings. The van der Waals surface area contributed by atoms with Crippen LogP contribution in [-0.2, 0) is 11.3 Å². The Morgan fingerprint density at radius 1 is 1.09 bits per heavy atom. The predicted octanol–water partition coefficient (Wildman–Crippen LogP) is 2.00. The molecule has 9 nitrogen and oxygen atoms in total. The van der Waals surface area contributed by atoms with E-state index in [2.05, 4.69) is 20.0 Å². The number of benzene rings is 1. The minimum absolute atomic E-state index is 0.277. The number of amides is 1. The largest absolute Gasteiger partial charge is 0.445 e. The van der Waals surface area contributed by atoms with Gasteiger partial charge in [0, 0.05) is 51.9 Å². The summed E-state index contributed by atoms with van der Waals surface area (Å²) in [5.41, 5.74) is 6.90. The molecule has 2 saturated heterocycles. The van der Waals surface area contributed by atoms with Crippen LogP contribution in [0.25, 0.3) is 0 Å². The van der Waals surface area contributed by atoms with Crippen LogP contribution in [0.1, 0.15) is 18.4 Å². The second kappa shape index (κ2) is 9.89. The van der Waals surface area contributed by atoms with E-state index in [4.69, 9.17) is 22.1 Å². The van der Waals surface area contributed by atoms with Crippen LogP contribution in [0.15, 0.2) is 36.4 Å². The molecular formula is C22H29ClN6O3. The van der Waals surface area contributed by atoms with Crippen LogP contribution >= 0.6 is 11.6 Å². The van der Waals surface area contributed by atoms with Gasteiger partial charge < -0.3 is 25.4 Å². The van der Waals surface area contributed by atoms with Crippen molar-refractivity contribution in [1.82, 2.24) is 20.0 Å². The van der Waals surface area contributed by atoms with Gasteiger partial charge in [-0.15, -0.1) is 10.2 Å². The molecular weight excluding hydrogens is 432 g/mol. The van der Waals surface area contributed by atoms with Crippen molar-refractivity contribution in [2.45, 2.75) is 25.0 Å². The van der Waals surface area contributed by atoms with Crippen LogP contribution in [0.4, 0.5) is 16.3 Å². The average Bonchev–Trinajstić information content (AvgIpc) is 2.81. The maximum Gasteiger partial charge on any atom is 0.410 e. The van der Waals surface area contributed by atoms with Gasteiger partial charge in [-0.1, -0.05) is 41.9 Å². The number of hydrogen-bond acceptors (Lipinski definition) is 8. The molecule has 10 heteroatoms. The van der Waals surface area contributed by atoms with Crippen molar-refractivity contribution < 1.29 is 14.6 Å². The monoisotopic (exact) mass is 460 g/mol. The maximum absolute atomic E-state index is 12.4. The molecule has 0 atom stereocenters. The molecule has 32 heavy (non-hydrogen) atoms. The van der Waals surface area contributed by atoms with E-state index in [1.165, 1.54) is 0 Å². The highest BCUT2D eigenvalue weighted by Crippen LogP contribution is 2.30. The molecule has 172 valence electrons. The van der Waals surface area contributed by atoms with Gasteiger partial charge in [-0.2, -0.15) is 0 Å². The Bertz CT molecular complexity index is 915. The van der Waals surface area contributed by atoms with Crippen LogP contribution in [0.2, 0.25) is 5.15 Å². The number of piperidine rings is 1. The number of aromatic nitrogens is 2. The van der Waals surface area contributed by atoms with Crippen molar-refractivity contribution >= 4 is 29.2 Å². The summed E-state index contributed by atoms with van der Waals surface area (Å²) < 4.78 is 5.43. The van der Waals surface area contributed by atoms with E-state index in [-0.39, 0.29) is 12.7 Å². The smallest absolute Gasteiger partial charge is 0.410 e. The Hall–Kier alpha value is -2.62. The van der Waals surface area contributed by atoms with Crippen molar-refractivity contribution in [2.24, 2.45) is 0 Å². The van der Waals surface area contributed by atoms with Crippen molar-refractivity contribution in [3.63, 3.8) is 0 Å². The lowest BCUT2D eigenvalue weighted by molar-refractivity contribution is -0.0264. The normalized spacial score (nSPS) is 19.1. The quantitative estimate of drug-likeness (QED) is 0.697. The molecule has 0 bridgehead atoms. The SMILES string of the molecule is Nc1nnc(Cl)cc1N1CCC(O)(CN2CCN(C(=O)OCc3ccccc3)CC2)CC1. The number of halogens is 1. The van der Waals surface area contributed by atoms with E-state index in [1.54, 1.807) is 11.0 Å². The van der Waals surface area contributed by atoms with E-state index in [0.29, 0.717) is 69.6 Å². The number of aliphatic hydroxyl groups is 1. The highest BCUT2D eigenvalue weighted by atomic mass is 35.5. The first-order chi connectivity index (χ1) is 15.4. The van der Waals surface area contributed by atoms with E-state index in [0.717, 1.165) is 11.3 Å². The van der Waals surface area contributed by atoms with Gasteiger partial charge in [0.2, 0.25) is 0 Å². The molecule has 0 saturated carbocycles. The third-order valence-corrected chi connectivity index (χ3v) is 6.34. The number of anilines is 2. The zero-order valence-corrected chi connectivity index (χ0v) is 18.7. The van der Waals surface area contributed by atoms with Gasteiger partial charge in [0.15, 0.2) is 11.0 Å². The summed E-state index contributed by atoms with van der Waals surface area (Å²) in [7, 11) is 0. The fraction of sp³-hybridized carbons (Fsp3) is 0.500. The minimum Gasteiger partial charge on any atom is -0.445 e. The molecule has 2 aliphatic rings. The molecule has 0 unspecified atom stereocenters. The molecule has 1 aromatic heterocycles. The molecule has 3 N–H and O–H groups in total. The van der Waals surface area contributed by atoms with E-state index >= 15 is 0 Å². The van der Waals surface area contributed by atoms with Gasteiger partial charge >= 0.3 is 6.09 Å². The van der Waals surface area contributed by atoms with Gasteiger partial charge in [0.1, 0.15) is 6.61 Å². The zero-order valence-electron chi connectivity index (χ0n) is 18.0. The number of nitrogens with zero attached hydrogens (tertiary/aromatic N) is 5. The number of piperazine rings is 1. The number of carbonyl (C=O) groups excluding carboxylic acids is 1. The first-order valence-electron chi connectivity index (χ1n) is 10.9. The molecule has 1 amide bonds. The van der Waals surface area contributed by atoms with Gasteiger partial charge in [0.05, 0.1) is 11.3 Å². The van der Waals surface area contributed by atoms with E-state index in [9.17, 15) is 9.90 Å². The molecule has 1 aromatic carbocycles. The minimum atomic E-state index is -0.772. The van der Waals surface area contributed by atoms with Crippen molar-refractivity contribution in [3.05, 3.63) is 47.1 Å². The number of rotatable bonds is 5. The number of carbonyl (C=O) groups is 1. The standard InChI is InChI=1S/C22H29ClN6O3/c23-19-14-18(20(24)26-25-19)28-8-6-22(31,7-9-28)16-27-10-12-29(13-11-27)21(30)32-15-17-4-2-1-3-5-17/h1-5,14,31H,6-13,15-16H2,(H2,24,26). The Balaban J connectivity index is 1.22. The van der Waals surface area contributed by atoms with Gasteiger partial charge in [-0.05, 0) is 18.4 Å². The topological polar surface area (TPSA) is 108 Å². The molecule has 0 spiro atoms. The van der Waals surface area contributed by atoms with Crippen LogP contribution in [0, 0.1) is 0 Å². The summed E-state index contributed by atoms with van der Waals surface area (Å²) >= 11 is 5.96. The van der Waals surface area contributed by atoms with Gasteiger partial charge in [-0.3, -0.25) is 4.90 Å². The van der Waals surface area contributed by atoms with Crippen LogP contribution in [0.3, 0.4) is 0 Å². The Kier molecular flexibility index (Phi) is 6.98. The fourth-order valence-corrected chi connectivity index (χ4v) is 4.40. The second-order valence-electron chi connectivity index (χ2n) is 8.45. The molecule has 0 aliphatic carbocycles. The van der Waals surface area contributed by atoms with Crippen LogP contribution < -0.4 is 10.6 Å². The van der Waals surface area contributed by atoms with E-state index < -0.39 is 5.60 Å². The van der Waals surface area contributed by atoms with Crippen LogP contribution in [0.5, 0.6) is 0 Å². The summed E-state index contributed by atoms with van der Waals surface area (Å²) in [6, 6.07) is 11.4. The number of hydrogen-bond donors (Lipinski definition) is 2. The Morgan fingerprint density at radius 3 is 2.47 bits per heavy atom. The first kappa shape index (κ1) is 22.6. The van der Waals surface area contributed by atoms with Gasteiger partial charge in [0.25, 0.3) is 0 Å². The summed E-state index contributed by atoms with van der Waals surface area (Å²) in [5, 5.41) is 19.1. The molecule has 2 fully saturated rings. The average molecular weight is 461 g/mol. The summed E-state index contributed by atoms with van der Waals surface area (Å²) in [4.78, 5) is 18.4. The zero-order chi connectivity index (χ0) is 22.6.